The van der Waals surface area contributed by atoms with E-state index in [1.807, 2.05) is 6.92 Å². The molecule has 1 aromatic rings. The van der Waals surface area contributed by atoms with Crippen molar-refractivity contribution >= 4 is 17.9 Å². The topological polar surface area (TPSA) is 26.3 Å². The van der Waals surface area contributed by atoms with Crippen molar-refractivity contribution in [2.45, 2.75) is 20.0 Å². The van der Waals surface area contributed by atoms with Crippen LogP contribution in [0.5, 0.6) is 5.75 Å². The highest BCUT2D eigenvalue weighted by Crippen LogP contribution is 2.25. The van der Waals surface area contributed by atoms with Gasteiger partial charge < -0.3 is 4.74 Å². The van der Waals surface area contributed by atoms with Crippen LogP contribution in [0, 0.1) is 6.92 Å². The lowest BCUT2D eigenvalue weighted by Crippen LogP contribution is -2.13. The Morgan fingerprint density at radius 3 is 2.85 bits per heavy atom. The highest BCUT2D eigenvalue weighted by molar-refractivity contribution is 6.31. The first kappa shape index (κ1) is 10.1. The SMILES string of the molecule is Cc1c(Cl)cccc1OC(C)C=O. The van der Waals surface area contributed by atoms with Crippen LogP contribution in [0.1, 0.15) is 12.5 Å². The molecule has 0 spiro atoms. The van der Waals surface area contributed by atoms with Crippen LogP contribution < -0.4 is 4.74 Å². The van der Waals surface area contributed by atoms with E-state index in [2.05, 4.69) is 0 Å². The highest BCUT2D eigenvalue weighted by atomic mass is 35.5. The van der Waals surface area contributed by atoms with Crippen molar-refractivity contribution in [2.75, 3.05) is 0 Å². The van der Waals surface area contributed by atoms with Crippen molar-refractivity contribution in [1.29, 1.82) is 0 Å². The molecule has 1 rings (SSSR count). The summed E-state index contributed by atoms with van der Waals surface area (Å²) in [6.07, 6.45) is 0.317. The van der Waals surface area contributed by atoms with Crippen molar-refractivity contribution in [2.24, 2.45) is 0 Å². The summed E-state index contributed by atoms with van der Waals surface area (Å²) < 4.78 is 5.32. The molecule has 0 aliphatic heterocycles. The van der Waals surface area contributed by atoms with Gasteiger partial charge in [0.2, 0.25) is 0 Å². The monoisotopic (exact) mass is 198 g/mol. The van der Waals surface area contributed by atoms with Crippen LogP contribution in [0.4, 0.5) is 0 Å². The first-order valence-corrected chi connectivity index (χ1v) is 4.40. The Bertz CT molecular complexity index is 310. The van der Waals surface area contributed by atoms with Crippen LogP contribution in [0.3, 0.4) is 0 Å². The van der Waals surface area contributed by atoms with Gasteiger partial charge in [-0.1, -0.05) is 17.7 Å². The lowest BCUT2D eigenvalue weighted by molar-refractivity contribution is -0.113. The second-order valence-corrected chi connectivity index (χ2v) is 3.23. The molecule has 0 aliphatic rings. The summed E-state index contributed by atoms with van der Waals surface area (Å²) in [6.45, 7) is 3.54. The van der Waals surface area contributed by atoms with E-state index >= 15 is 0 Å². The Balaban J connectivity index is 2.88. The fraction of sp³-hybridized carbons (Fsp3) is 0.300. The van der Waals surface area contributed by atoms with Gasteiger partial charge in [-0.05, 0) is 26.0 Å². The van der Waals surface area contributed by atoms with Gasteiger partial charge in [0, 0.05) is 10.6 Å². The summed E-state index contributed by atoms with van der Waals surface area (Å²) in [5.74, 6) is 0.659. The van der Waals surface area contributed by atoms with Crippen molar-refractivity contribution in [3.8, 4) is 5.75 Å². The molecule has 13 heavy (non-hydrogen) atoms. The molecule has 0 saturated carbocycles. The molecule has 0 fully saturated rings. The molecule has 0 bridgehead atoms. The van der Waals surface area contributed by atoms with Crippen molar-refractivity contribution in [3.63, 3.8) is 0 Å². The van der Waals surface area contributed by atoms with Crippen molar-refractivity contribution in [3.05, 3.63) is 28.8 Å². The lowest BCUT2D eigenvalue weighted by Gasteiger charge is -2.11. The van der Waals surface area contributed by atoms with E-state index in [1.165, 1.54) is 0 Å². The molecule has 0 aliphatic carbocycles. The molecule has 1 aromatic carbocycles. The molecule has 0 heterocycles. The van der Waals surface area contributed by atoms with E-state index in [1.54, 1.807) is 25.1 Å². The average Bonchev–Trinajstić information content (AvgIpc) is 2.13. The van der Waals surface area contributed by atoms with Crippen LogP contribution in [0.2, 0.25) is 5.02 Å². The summed E-state index contributed by atoms with van der Waals surface area (Å²) in [7, 11) is 0. The Morgan fingerprint density at radius 1 is 1.54 bits per heavy atom. The second kappa shape index (κ2) is 4.28. The van der Waals surface area contributed by atoms with Gasteiger partial charge in [-0.2, -0.15) is 0 Å². The lowest BCUT2D eigenvalue weighted by atomic mass is 10.2. The number of ether oxygens (including phenoxy) is 1. The molecular formula is C10H11ClO2. The van der Waals surface area contributed by atoms with Gasteiger partial charge in [0.25, 0.3) is 0 Å². The Kier molecular flexibility index (Phi) is 3.32. The Morgan fingerprint density at radius 2 is 2.23 bits per heavy atom. The van der Waals surface area contributed by atoms with Crippen LogP contribution in [-0.2, 0) is 4.79 Å². The molecule has 0 N–H and O–H groups in total. The zero-order chi connectivity index (χ0) is 9.84. The number of carbonyl (C=O) groups is 1. The standard InChI is InChI=1S/C10H11ClO2/c1-7(6-12)13-10-5-3-4-9(11)8(10)2/h3-7H,1-2H3. The van der Waals surface area contributed by atoms with Gasteiger partial charge in [-0.25, -0.2) is 0 Å². The number of carbonyl (C=O) groups excluding carboxylic acids is 1. The van der Waals surface area contributed by atoms with Gasteiger partial charge in [0.05, 0.1) is 0 Å². The van der Waals surface area contributed by atoms with Crippen molar-refractivity contribution in [1.82, 2.24) is 0 Å². The van der Waals surface area contributed by atoms with Crippen LogP contribution in [0.25, 0.3) is 0 Å². The molecular weight excluding hydrogens is 188 g/mol. The minimum atomic E-state index is -0.433. The number of hydrogen-bond donors (Lipinski definition) is 0. The largest absolute Gasteiger partial charge is 0.483 e. The van der Waals surface area contributed by atoms with E-state index in [-0.39, 0.29) is 0 Å². The molecule has 0 saturated heterocycles. The molecule has 0 aromatic heterocycles. The van der Waals surface area contributed by atoms with Gasteiger partial charge in [0.1, 0.15) is 5.75 Å². The molecule has 70 valence electrons. The minimum Gasteiger partial charge on any atom is -0.483 e. The van der Waals surface area contributed by atoms with Crippen molar-refractivity contribution < 1.29 is 9.53 Å². The van der Waals surface area contributed by atoms with Crippen LogP contribution in [0.15, 0.2) is 18.2 Å². The number of hydrogen-bond acceptors (Lipinski definition) is 2. The summed E-state index contributed by atoms with van der Waals surface area (Å²) >= 11 is 5.87. The van der Waals surface area contributed by atoms with E-state index in [0.717, 1.165) is 11.8 Å². The van der Waals surface area contributed by atoms with E-state index in [9.17, 15) is 4.79 Å². The Hall–Kier alpha value is -1.02. The molecule has 3 heteroatoms. The normalized spacial score (nSPS) is 12.2. The number of benzene rings is 1. The predicted molar refractivity (Wildman–Crippen MR) is 52.3 cm³/mol. The summed E-state index contributed by atoms with van der Waals surface area (Å²) in [6, 6.07) is 5.37. The summed E-state index contributed by atoms with van der Waals surface area (Å²) in [4.78, 5) is 10.3. The van der Waals surface area contributed by atoms with Gasteiger partial charge in [0.15, 0.2) is 12.4 Å². The Labute approximate surface area is 82.5 Å². The number of rotatable bonds is 3. The van der Waals surface area contributed by atoms with Gasteiger partial charge in [-0.15, -0.1) is 0 Å². The minimum absolute atomic E-state index is 0.433. The van der Waals surface area contributed by atoms with E-state index in [4.69, 9.17) is 16.3 Å². The fourth-order valence-corrected chi connectivity index (χ4v) is 1.11. The van der Waals surface area contributed by atoms with E-state index < -0.39 is 6.10 Å². The smallest absolute Gasteiger partial charge is 0.160 e. The average molecular weight is 199 g/mol. The first-order chi connectivity index (χ1) is 6.15. The predicted octanol–water partition coefficient (Wildman–Crippen LogP) is 2.61. The highest BCUT2D eigenvalue weighted by Gasteiger charge is 2.06. The second-order valence-electron chi connectivity index (χ2n) is 2.82. The van der Waals surface area contributed by atoms with Gasteiger partial charge in [-0.3, -0.25) is 4.79 Å². The molecule has 0 amide bonds. The maximum absolute atomic E-state index is 10.3. The van der Waals surface area contributed by atoms with Crippen LogP contribution in [-0.4, -0.2) is 12.4 Å². The third kappa shape index (κ3) is 2.46. The fourth-order valence-electron chi connectivity index (χ4n) is 0.943. The summed E-state index contributed by atoms with van der Waals surface area (Å²) in [5.41, 5.74) is 0.859. The zero-order valence-electron chi connectivity index (χ0n) is 7.58. The number of halogens is 1. The van der Waals surface area contributed by atoms with E-state index in [0.29, 0.717) is 10.8 Å². The maximum Gasteiger partial charge on any atom is 0.160 e. The third-order valence-electron chi connectivity index (χ3n) is 1.72. The van der Waals surface area contributed by atoms with Gasteiger partial charge >= 0.3 is 0 Å². The maximum atomic E-state index is 10.3. The zero-order valence-corrected chi connectivity index (χ0v) is 8.34. The summed E-state index contributed by atoms with van der Waals surface area (Å²) in [5, 5.41) is 0.649. The molecule has 0 radical (unpaired) electrons. The molecule has 2 nitrogen and oxygen atoms in total. The first-order valence-electron chi connectivity index (χ1n) is 4.02. The molecule has 1 atom stereocenters. The van der Waals surface area contributed by atoms with Crippen LogP contribution >= 0.6 is 11.6 Å². The number of aldehydes is 1. The quantitative estimate of drug-likeness (QED) is 0.698. The third-order valence-corrected chi connectivity index (χ3v) is 2.13. The molecule has 1 unspecified atom stereocenters.